The van der Waals surface area contributed by atoms with E-state index in [4.69, 9.17) is 16.3 Å². The van der Waals surface area contributed by atoms with Crippen LogP contribution < -0.4 is 0 Å². The van der Waals surface area contributed by atoms with Gasteiger partial charge in [-0.2, -0.15) is 0 Å². The first kappa shape index (κ1) is 15.5. The highest BCUT2D eigenvalue weighted by Crippen LogP contribution is 2.29. The Morgan fingerprint density at radius 3 is 2.84 bits per heavy atom. The summed E-state index contributed by atoms with van der Waals surface area (Å²) in [5.74, 6) is 0. The van der Waals surface area contributed by atoms with Crippen LogP contribution in [0.1, 0.15) is 31.1 Å². The second-order valence-corrected chi connectivity index (χ2v) is 4.55. The molecule has 0 aromatic carbocycles. The number of halogens is 1. The third kappa shape index (κ3) is 3.70. The lowest BCUT2D eigenvalue weighted by Gasteiger charge is -2.33. The van der Waals surface area contributed by atoms with Crippen LogP contribution in [-0.2, 0) is 11.2 Å². The van der Waals surface area contributed by atoms with Crippen molar-refractivity contribution in [1.29, 1.82) is 0 Å². The molecule has 1 aliphatic heterocycles. The van der Waals surface area contributed by atoms with E-state index in [-0.39, 0.29) is 12.1 Å². The van der Waals surface area contributed by atoms with E-state index in [2.05, 4.69) is 11.6 Å². The number of amides is 1. The van der Waals surface area contributed by atoms with Gasteiger partial charge in [-0.15, -0.1) is 6.58 Å². The van der Waals surface area contributed by atoms with E-state index in [1.54, 1.807) is 17.0 Å². The van der Waals surface area contributed by atoms with Crippen LogP contribution in [0.25, 0.3) is 0 Å². The summed E-state index contributed by atoms with van der Waals surface area (Å²) in [6.45, 7) is 7.83. The van der Waals surface area contributed by atoms with E-state index in [1.807, 2.05) is 19.9 Å². The molecule has 0 saturated heterocycles. The highest BCUT2D eigenvalue weighted by atomic mass is 35.5. The van der Waals surface area contributed by atoms with Gasteiger partial charge in [-0.1, -0.05) is 23.7 Å². The van der Waals surface area contributed by atoms with Crippen LogP contribution in [0.4, 0.5) is 4.79 Å². The first-order valence-corrected chi connectivity index (χ1v) is 6.49. The van der Waals surface area contributed by atoms with E-state index in [0.717, 1.165) is 17.7 Å². The van der Waals surface area contributed by atoms with Crippen LogP contribution in [0, 0.1) is 0 Å². The van der Waals surface area contributed by atoms with Crippen LogP contribution in [0.15, 0.2) is 24.8 Å². The molecule has 19 heavy (non-hydrogen) atoms. The summed E-state index contributed by atoms with van der Waals surface area (Å²) in [7, 11) is 1.39. The number of pyridine rings is 1. The Hall–Kier alpha value is -1.55. The minimum Gasteiger partial charge on any atom is -0.453 e. The number of methoxy groups -OCH3 is 1. The van der Waals surface area contributed by atoms with Gasteiger partial charge in [0.15, 0.2) is 0 Å². The molecule has 0 bridgehead atoms. The van der Waals surface area contributed by atoms with Crippen LogP contribution in [0.3, 0.4) is 0 Å². The van der Waals surface area contributed by atoms with E-state index >= 15 is 0 Å². The standard InChI is InChI=1S/C11H13ClN2O2.C3H6/c1-7-8-3-4-10(12)13-9(8)5-6-14(7)11(15)16-2;1-3-2/h3-4,7H,5-6H2,1-2H3;3H,1H2,2H3. The maximum absolute atomic E-state index is 11.5. The van der Waals surface area contributed by atoms with Crippen molar-refractivity contribution in [2.45, 2.75) is 26.3 Å². The number of rotatable bonds is 0. The zero-order valence-electron chi connectivity index (χ0n) is 11.5. The van der Waals surface area contributed by atoms with Crippen molar-refractivity contribution in [2.24, 2.45) is 0 Å². The number of carbonyl (C=O) groups is 1. The number of carbonyl (C=O) groups excluding carboxylic acids is 1. The van der Waals surface area contributed by atoms with E-state index in [0.29, 0.717) is 11.7 Å². The third-order valence-corrected chi connectivity index (χ3v) is 3.10. The van der Waals surface area contributed by atoms with E-state index < -0.39 is 0 Å². The second-order valence-electron chi connectivity index (χ2n) is 4.17. The molecule has 2 rings (SSSR count). The summed E-state index contributed by atoms with van der Waals surface area (Å²) in [4.78, 5) is 17.5. The van der Waals surface area contributed by atoms with Gasteiger partial charge in [0.1, 0.15) is 5.15 Å². The molecular weight excluding hydrogens is 264 g/mol. The fraction of sp³-hybridized carbons (Fsp3) is 0.429. The third-order valence-electron chi connectivity index (χ3n) is 2.89. The normalized spacial score (nSPS) is 16.8. The van der Waals surface area contributed by atoms with Crippen LogP contribution in [0.5, 0.6) is 0 Å². The fourth-order valence-electron chi connectivity index (χ4n) is 2.02. The number of nitrogens with zero attached hydrogens (tertiary/aromatic N) is 2. The molecule has 0 fully saturated rings. The summed E-state index contributed by atoms with van der Waals surface area (Å²) in [6.07, 6.45) is 2.17. The zero-order valence-corrected chi connectivity index (χ0v) is 12.3. The first-order chi connectivity index (χ1) is 9.04. The Balaban J connectivity index is 0.000000550. The second kappa shape index (κ2) is 7.14. The Labute approximate surface area is 119 Å². The number of fused-ring (bicyclic) bond motifs is 1. The van der Waals surface area contributed by atoms with Crippen LogP contribution in [0.2, 0.25) is 5.15 Å². The molecule has 0 saturated carbocycles. The fourth-order valence-corrected chi connectivity index (χ4v) is 2.19. The van der Waals surface area contributed by atoms with Gasteiger partial charge >= 0.3 is 6.09 Å². The quantitative estimate of drug-likeness (QED) is 0.539. The smallest absolute Gasteiger partial charge is 0.409 e. The van der Waals surface area contributed by atoms with Gasteiger partial charge in [-0.25, -0.2) is 9.78 Å². The van der Waals surface area contributed by atoms with Crippen molar-refractivity contribution in [3.8, 4) is 0 Å². The maximum atomic E-state index is 11.5. The average molecular weight is 283 g/mol. The van der Waals surface area contributed by atoms with Crippen molar-refractivity contribution in [3.05, 3.63) is 41.2 Å². The lowest BCUT2D eigenvalue weighted by atomic mass is 9.99. The van der Waals surface area contributed by atoms with Gasteiger partial charge in [-0.3, -0.25) is 0 Å². The van der Waals surface area contributed by atoms with Gasteiger partial charge in [0, 0.05) is 18.7 Å². The molecule has 0 radical (unpaired) electrons. The van der Waals surface area contributed by atoms with Crippen molar-refractivity contribution in [3.63, 3.8) is 0 Å². The highest BCUT2D eigenvalue weighted by molar-refractivity contribution is 6.29. The van der Waals surface area contributed by atoms with Crippen molar-refractivity contribution in [2.75, 3.05) is 13.7 Å². The van der Waals surface area contributed by atoms with Gasteiger partial charge in [-0.05, 0) is 25.5 Å². The molecule has 2 heterocycles. The molecule has 1 aromatic rings. The van der Waals surface area contributed by atoms with Crippen LogP contribution in [-0.4, -0.2) is 29.6 Å². The molecule has 1 atom stereocenters. The van der Waals surface area contributed by atoms with Gasteiger partial charge in [0.2, 0.25) is 0 Å². The summed E-state index contributed by atoms with van der Waals surface area (Å²) in [5, 5.41) is 0.498. The summed E-state index contributed by atoms with van der Waals surface area (Å²) in [5.41, 5.74) is 2.02. The van der Waals surface area contributed by atoms with Crippen molar-refractivity contribution >= 4 is 17.7 Å². The number of aromatic nitrogens is 1. The zero-order chi connectivity index (χ0) is 14.4. The van der Waals surface area contributed by atoms with E-state index in [9.17, 15) is 4.79 Å². The maximum Gasteiger partial charge on any atom is 0.409 e. The molecule has 1 unspecified atom stereocenters. The summed E-state index contributed by atoms with van der Waals surface area (Å²) in [6, 6.07) is 3.66. The Morgan fingerprint density at radius 2 is 2.26 bits per heavy atom. The molecule has 104 valence electrons. The Morgan fingerprint density at radius 1 is 1.63 bits per heavy atom. The lowest BCUT2D eigenvalue weighted by Crippen LogP contribution is -2.39. The minimum absolute atomic E-state index is 0.0130. The number of hydrogen-bond donors (Lipinski definition) is 0. The molecule has 0 spiro atoms. The van der Waals surface area contributed by atoms with E-state index in [1.165, 1.54) is 7.11 Å². The van der Waals surface area contributed by atoms with Gasteiger partial charge < -0.3 is 9.64 Å². The number of allylic oxidation sites excluding steroid dienone is 1. The SMILES string of the molecule is C=CC.COC(=O)N1CCc2nc(Cl)ccc2C1C. The number of ether oxygens (including phenoxy) is 1. The summed E-state index contributed by atoms with van der Waals surface area (Å²) < 4.78 is 4.74. The molecular formula is C14H19ClN2O2. The largest absolute Gasteiger partial charge is 0.453 e. The average Bonchev–Trinajstić information content (AvgIpc) is 2.39. The molecule has 1 aromatic heterocycles. The Bertz CT molecular complexity index is 463. The van der Waals surface area contributed by atoms with Gasteiger partial charge in [0.05, 0.1) is 13.2 Å². The monoisotopic (exact) mass is 282 g/mol. The molecule has 4 nitrogen and oxygen atoms in total. The lowest BCUT2D eigenvalue weighted by molar-refractivity contribution is 0.104. The topological polar surface area (TPSA) is 42.4 Å². The minimum atomic E-state index is -0.298. The molecule has 0 aliphatic carbocycles. The molecule has 1 amide bonds. The van der Waals surface area contributed by atoms with Gasteiger partial charge in [0.25, 0.3) is 0 Å². The highest BCUT2D eigenvalue weighted by Gasteiger charge is 2.28. The van der Waals surface area contributed by atoms with Crippen molar-refractivity contribution in [1.82, 2.24) is 9.88 Å². The molecule has 5 heteroatoms. The first-order valence-electron chi connectivity index (χ1n) is 6.12. The number of hydrogen-bond acceptors (Lipinski definition) is 3. The Kier molecular flexibility index (Phi) is 5.83. The summed E-state index contributed by atoms with van der Waals surface area (Å²) >= 11 is 5.83. The van der Waals surface area contributed by atoms with Crippen LogP contribution >= 0.6 is 11.6 Å². The van der Waals surface area contributed by atoms with Crippen molar-refractivity contribution < 1.29 is 9.53 Å². The molecule has 0 N–H and O–H groups in total. The predicted octanol–water partition coefficient (Wildman–Crippen LogP) is 3.61. The predicted molar refractivity (Wildman–Crippen MR) is 76.3 cm³/mol. The molecule has 1 aliphatic rings.